The number of alkyl halides is 3. The van der Waals surface area contributed by atoms with Crippen molar-refractivity contribution < 1.29 is 23.1 Å². The second kappa shape index (κ2) is 5.92. The van der Waals surface area contributed by atoms with E-state index in [-0.39, 0.29) is 19.5 Å². The van der Waals surface area contributed by atoms with E-state index in [0.29, 0.717) is 0 Å². The first-order valence-corrected chi connectivity index (χ1v) is 4.46. The number of hydrogen-bond donors (Lipinski definition) is 2. The molecule has 1 unspecified atom stereocenters. The Morgan fingerprint density at radius 1 is 1.47 bits per heavy atom. The average Bonchev–Trinajstić information content (AvgIpc) is 2.09. The first kappa shape index (κ1) is 14.2. The minimum Gasteiger partial charge on any atom is -0.480 e. The Kier molecular flexibility index (Phi) is 5.59. The van der Waals surface area contributed by atoms with Crippen molar-refractivity contribution in [3.05, 3.63) is 0 Å². The lowest BCUT2D eigenvalue weighted by molar-refractivity contribution is -0.140. The van der Waals surface area contributed by atoms with Crippen molar-refractivity contribution in [2.75, 3.05) is 20.1 Å². The van der Waals surface area contributed by atoms with Crippen molar-refractivity contribution in [2.24, 2.45) is 5.73 Å². The van der Waals surface area contributed by atoms with Crippen molar-refractivity contribution in [3.63, 3.8) is 0 Å². The van der Waals surface area contributed by atoms with Gasteiger partial charge in [-0.1, -0.05) is 0 Å². The van der Waals surface area contributed by atoms with E-state index in [2.05, 4.69) is 0 Å². The van der Waals surface area contributed by atoms with Gasteiger partial charge in [0.2, 0.25) is 0 Å². The van der Waals surface area contributed by atoms with Crippen LogP contribution < -0.4 is 5.73 Å². The molecule has 0 radical (unpaired) electrons. The number of nitrogens with two attached hydrogens (primary N) is 1. The molecule has 0 heterocycles. The van der Waals surface area contributed by atoms with Gasteiger partial charge in [-0.05, 0) is 20.0 Å². The summed E-state index contributed by atoms with van der Waals surface area (Å²) in [6.45, 7) is 0.0966. The van der Waals surface area contributed by atoms with Gasteiger partial charge in [-0.3, -0.25) is 4.79 Å². The number of carboxylic acid groups (broad SMARTS) is 1. The van der Waals surface area contributed by atoms with Gasteiger partial charge < -0.3 is 15.7 Å². The van der Waals surface area contributed by atoms with E-state index in [9.17, 15) is 18.0 Å². The predicted molar refractivity (Wildman–Crippen MR) is 48.4 cm³/mol. The third-order valence-corrected chi connectivity index (χ3v) is 1.92. The van der Waals surface area contributed by atoms with Crippen molar-refractivity contribution in [2.45, 2.75) is 25.1 Å². The average molecular weight is 228 g/mol. The third-order valence-electron chi connectivity index (χ3n) is 1.92. The lowest BCUT2D eigenvalue weighted by Crippen LogP contribution is -2.35. The van der Waals surface area contributed by atoms with E-state index in [1.165, 1.54) is 11.9 Å². The molecular weight excluding hydrogens is 213 g/mol. The van der Waals surface area contributed by atoms with Gasteiger partial charge in [-0.25, -0.2) is 0 Å². The minimum absolute atomic E-state index is 0.143. The lowest BCUT2D eigenvalue weighted by atomic mass is 10.2. The Labute approximate surface area is 85.8 Å². The van der Waals surface area contributed by atoms with E-state index in [1.54, 1.807) is 0 Å². The molecule has 0 aromatic heterocycles. The van der Waals surface area contributed by atoms with Crippen LogP contribution in [-0.4, -0.2) is 48.3 Å². The van der Waals surface area contributed by atoms with Crippen LogP contribution in [0.1, 0.15) is 12.8 Å². The number of carboxylic acids is 1. The van der Waals surface area contributed by atoms with Crippen LogP contribution in [0, 0.1) is 0 Å². The second-order valence-electron chi connectivity index (χ2n) is 3.40. The molecule has 4 nitrogen and oxygen atoms in total. The largest absolute Gasteiger partial charge is 0.480 e. The van der Waals surface area contributed by atoms with Gasteiger partial charge in [0.05, 0.1) is 6.42 Å². The number of rotatable bonds is 6. The van der Waals surface area contributed by atoms with E-state index in [1.807, 2.05) is 0 Å². The zero-order chi connectivity index (χ0) is 12.1. The molecule has 0 fully saturated rings. The molecule has 1 atom stereocenters. The Bertz CT molecular complexity index is 209. The van der Waals surface area contributed by atoms with Crippen LogP contribution in [0.5, 0.6) is 0 Å². The fourth-order valence-corrected chi connectivity index (χ4v) is 0.912. The van der Waals surface area contributed by atoms with Gasteiger partial charge in [0.25, 0.3) is 0 Å². The monoisotopic (exact) mass is 228 g/mol. The van der Waals surface area contributed by atoms with Crippen LogP contribution in [0.3, 0.4) is 0 Å². The summed E-state index contributed by atoms with van der Waals surface area (Å²) in [6.07, 6.45) is -4.93. The molecule has 0 aliphatic heterocycles. The predicted octanol–water partition coefficient (Wildman–Crippen LogP) is 0.673. The zero-order valence-corrected chi connectivity index (χ0v) is 8.42. The summed E-state index contributed by atoms with van der Waals surface area (Å²) in [6, 6.07) is -1.02. The lowest BCUT2D eigenvalue weighted by Gasteiger charge is -2.18. The molecule has 7 heteroatoms. The highest BCUT2D eigenvalue weighted by Gasteiger charge is 2.27. The molecule has 0 aromatic rings. The van der Waals surface area contributed by atoms with Gasteiger partial charge in [0.1, 0.15) is 6.04 Å². The Morgan fingerprint density at radius 2 is 2.00 bits per heavy atom. The summed E-state index contributed by atoms with van der Waals surface area (Å²) in [5, 5.41) is 8.43. The molecule has 15 heavy (non-hydrogen) atoms. The molecule has 0 spiro atoms. The van der Waals surface area contributed by atoms with Crippen LogP contribution in [0.25, 0.3) is 0 Å². The van der Waals surface area contributed by atoms with Crippen LogP contribution in [0.15, 0.2) is 0 Å². The van der Waals surface area contributed by atoms with Crippen molar-refractivity contribution in [1.82, 2.24) is 4.90 Å². The van der Waals surface area contributed by atoms with Crippen LogP contribution in [0.2, 0.25) is 0 Å². The highest BCUT2D eigenvalue weighted by Crippen LogP contribution is 2.19. The minimum atomic E-state index is -4.18. The normalized spacial score (nSPS) is 14.3. The third kappa shape index (κ3) is 8.19. The molecule has 0 aliphatic rings. The molecule has 90 valence electrons. The van der Waals surface area contributed by atoms with E-state index < -0.39 is 24.6 Å². The zero-order valence-electron chi connectivity index (χ0n) is 8.42. The summed E-state index contributed by atoms with van der Waals surface area (Å²) < 4.78 is 35.4. The van der Waals surface area contributed by atoms with Crippen molar-refractivity contribution in [3.8, 4) is 0 Å². The van der Waals surface area contributed by atoms with Crippen LogP contribution in [0.4, 0.5) is 13.2 Å². The first-order valence-electron chi connectivity index (χ1n) is 4.46. The molecular formula is C8H15F3N2O2. The Morgan fingerprint density at radius 3 is 2.40 bits per heavy atom. The number of aliphatic carboxylic acids is 1. The topological polar surface area (TPSA) is 66.6 Å². The quantitative estimate of drug-likeness (QED) is 0.701. The molecule has 0 aromatic carbocycles. The Balaban J connectivity index is 3.66. The van der Waals surface area contributed by atoms with E-state index >= 15 is 0 Å². The molecule has 3 N–H and O–H groups in total. The number of carbonyl (C=O) groups is 1. The molecule has 0 bridgehead atoms. The fourth-order valence-electron chi connectivity index (χ4n) is 0.912. The first-order chi connectivity index (χ1) is 6.72. The van der Waals surface area contributed by atoms with Gasteiger partial charge in [0, 0.05) is 6.54 Å². The highest BCUT2D eigenvalue weighted by atomic mass is 19.4. The Hall–Kier alpha value is -0.820. The second-order valence-corrected chi connectivity index (χ2v) is 3.40. The van der Waals surface area contributed by atoms with Gasteiger partial charge in [0.15, 0.2) is 0 Å². The maximum atomic E-state index is 11.8. The van der Waals surface area contributed by atoms with Crippen LogP contribution >= 0.6 is 0 Å². The molecule has 0 saturated carbocycles. The van der Waals surface area contributed by atoms with Crippen molar-refractivity contribution >= 4 is 5.97 Å². The van der Waals surface area contributed by atoms with Gasteiger partial charge in [-0.2, -0.15) is 13.2 Å². The molecule has 0 saturated heterocycles. The summed E-state index contributed by atoms with van der Waals surface area (Å²) in [5.74, 6) is -1.14. The summed E-state index contributed by atoms with van der Waals surface area (Å²) in [4.78, 5) is 11.7. The summed E-state index contributed by atoms with van der Waals surface area (Å²) in [5.41, 5.74) is 5.20. The standard InChI is InChI=1S/C8H15F3N2O2/c1-13(5-3-8(9,10)11)4-2-6(12)7(14)15/h6H,2-5,12H2,1H3,(H,14,15). The maximum absolute atomic E-state index is 11.8. The van der Waals surface area contributed by atoms with Gasteiger partial charge >= 0.3 is 12.1 Å². The fraction of sp³-hybridized carbons (Fsp3) is 0.875. The SMILES string of the molecule is CN(CCC(N)C(=O)O)CCC(F)(F)F. The molecule has 0 amide bonds. The number of hydrogen-bond acceptors (Lipinski definition) is 3. The summed E-state index contributed by atoms with van der Waals surface area (Å²) >= 11 is 0. The van der Waals surface area contributed by atoms with E-state index in [0.717, 1.165) is 0 Å². The highest BCUT2D eigenvalue weighted by molar-refractivity contribution is 5.72. The van der Waals surface area contributed by atoms with Crippen molar-refractivity contribution in [1.29, 1.82) is 0 Å². The maximum Gasteiger partial charge on any atom is 0.390 e. The number of halogens is 3. The number of nitrogens with zero attached hydrogens (tertiary/aromatic N) is 1. The van der Waals surface area contributed by atoms with Crippen LogP contribution in [-0.2, 0) is 4.79 Å². The molecule has 0 aliphatic carbocycles. The molecule has 0 rings (SSSR count). The van der Waals surface area contributed by atoms with Gasteiger partial charge in [-0.15, -0.1) is 0 Å². The van der Waals surface area contributed by atoms with E-state index in [4.69, 9.17) is 10.8 Å². The smallest absolute Gasteiger partial charge is 0.390 e. The summed E-state index contributed by atoms with van der Waals surface area (Å²) in [7, 11) is 1.50.